The first kappa shape index (κ1) is 15.9. The Labute approximate surface area is 125 Å². The number of hydrogen-bond acceptors (Lipinski definition) is 5. The second kappa shape index (κ2) is 7.54. The van der Waals surface area contributed by atoms with Gasteiger partial charge in [-0.25, -0.2) is 0 Å². The number of hydrogen-bond donors (Lipinski definition) is 2. The second-order valence-corrected chi connectivity index (χ2v) is 5.93. The molecular formula is C15H26N4O2. The van der Waals surface area contributed by atoms with Crippen molar-refractivity contribution in [3.05, 3.63) is 11.7 Å². The molecule has 1 amide bonds. The molecule has 1 heterocycles. The lowest BCUT2D eigenvalue weighted by molar-refractivity contribution is -0.123. The molecule has 21 heavy (non-hydrogen) atoms. The van der Waals surface area contributed by atoms with E-state index in [9.17, 15) is 4.79 Å². The number of aromatic nitrogens is 2. The predicted octanol–water partition coefficient (Wildman–Crippen LogP) is 2.17. The van der Waals surface area contributed by atoms with Gasteiger partial charge in [0, 0.05) is 13.3 Å². The van der Waals surface area contributed by atoms with E-state index in [0.717, 1.165) is 57.9 Å². The number of carbonyl (C=O) groups is 1. The van der Waals surface area contributed by atoms with Gasteiger partial charge in [0.1, 0.15) is 5.54 Å². The van der Waals surface area contributed by atoms with Crippen LogP contribution < -0.4 is 11.1 Å². The minimum absolute atomic E-state index is 0.0899. The van der Waals surface area contributed by atoms with E-state index in [1.165, 1.54) is 0 Å². The number of carbonyl (C=O) groups excluding carboxylic acids is 1. The average Bonchev–Trinajstić information content (AvgIpc) is 3.08. The summed E-state index contributed by atoms with van der Waals surface area (Å²) in [6.07, 6.45) is 8.62. The number of rotatable bonds is 8. The Morgan fingerprint density at radius 1 is 1.29 bits per heavy atom. The summed E-state index contributed by atoms with van der Waals surface area (Å²) in [4.78, 5) is 16.5. The zero-order valence-electron chi connectivity index (χ0n) is 12.9. The molecule has 1 saturated carbocycles. The third-order valence-electron chi connectivity index (χ3n) is 4.15. The molecule has 6 heteroatoms. The molecular weight excluding hydrogens is 268 g/mol. The van der Waals surface area contributed by atoms with Crippen molar-refractivity contribution in [2.24, 2.45) is 5.73 Å². The smallest absolute Gasteiger partial charge is 0.223 e. The van der Waals surface area contributed by atoms with Crippen molar-refractivity contribution >= 4 is 5.91 Å². The standard InChI is InChI=1S/C15H26N4O2/c1-12-17-14(19-21-12)15(9-5-6-10-15)18-13(20)8-4-2-3-7-11-16/h2-11,16H2,1H3,(H,18,20). The van der Waals surface area contributed by atoms with E-state index in [2.05, 4.69) is 15.5 Å². The highest BCUT2D eigenvalue weighted by atomic mass is 16.5. The largest absolute Gasteiger partial charge is 0.343 e. The van der Waals surface area contributed by atoms with Crippen LogP contribution in [0, 0.1) is 6.92 Å². The van der Waals surface area contributed by atoms with Crippen molar-refractivity contribution in [1.82, 2.24) is 15.5 Å². The van der Waals surface area contributed by atoms with Crippen LogP contribution in [0.25, 0.3) is 0 Å². The van der Waals surface area contributed by atoms with Crippen LogP contribution in [0.4, 0.5) is 0 Å². The molecule has 2 rings (SSSR count). The number of nitrogens with zero attached hydrogens (tertiary/aromatic N) is 2. The fraction of sp³-hybridized carbons (Fsp3) is 0.800. The van der Waals surface area contributed by atoms with E-state index >= 15 is 0 Å². The summed E-state index contributed by atoms with van der Waals surface area (Å²) in [6.45, 7) is 2.50. The highest BCUT2D eigenvalue weighted by Gasteiger charge is 2.40. The van der Waals surface area contributed by atoms with Gasteiger partial charge in [-0.15, -0.1) is 0 Å². The summed E-state index contributed by atoms with van der Waals surface area (Å²) >= 11 is 0. The first-order chi connectivity index (χ1) is 10.2. The summed E-state index contributed by atoms with van der Waals surface area (Å²) in [6, 6.07) is 0. The molecule has 0 atom stereocenters. The minimum Gasteiger partial charge on any atom is -0.343 e. The van der Waals surface area contributed by atoms with Crippen LogP contribution in [-0.2, 0) is 10.3 Å². The van der Waals surface area contributed by atoms with Crippen LogP contribution in [-0.4, -0.2) is 22.6 Å². The highest BCUT2D eigenvalue weighted by molar-refractivity contribution is 5.76. The molecule has 1 aliphatic rings. The van der Waals surface area contributed by atoms with E-state index in [0.29, 0.717) is 18.1 Å². The van der Waals surface area contributed by atoms with Crippen molar-refractivity contribution in [2.45, 2.75) is 70.3 Å². The van der Waals surface area contributed by atoms with Crippen LogP contribution in [0.15, 0.2) is 4.52 Å². The van der Waals surface area contributed by atoms with Gasteiger partial charge in [-0.05, 0) is 32.2 Å². The van der Waals surface area contributed by atoms with Gasteiger partial charge in [-0.1, -0.05) is 30.8 Å². The summed E-state index contributed by atoms with van der Waals surface area (Å²) in [5.41, 5.74) is 5.05. The maximum atomic E-state index is 12.2. The molecule has 0 unspecified atom stereocenters. The van der Waals surface area contributed by atoms with E-state index in [4.69, 9.17) is 10.3 Å². The molecule has 1 aromatic rings. The van der Waals surface area contributed by atoms with Crippen LogP contribution in [0.1, 0.15) is 69.5 Å². The van der Waals surface area contributed by atoms with Crippen molar-refractivity contribution in [3.8, 4) is 0 Å². The summed E-state index contributed by atoms with van der Waals surface area (Å²) in [5.74, 6) is 1.27. The Balaban J connectivity index is 1.87. The van der Waals surface area contributed by atoms with E-state index < -0.39 is 5.54 Å². The quantitative estimate of drug-likeness (QED) is 0.717. The maximum Gasteiger partial charge on any atom is 0.223 e. The fourth-order valence-corrected chi connectivity index (χ4v) is 2.99. The Morgan fingerprint density at radius 3 is 2.62 bits per heavy atom. The maximum absolute atomic E-state index is 12.2. The van der Waals surface area contributed by atoms with E-state index in [1.807, 2.05) is 0 Å². The number of nitrogens with one attached hydrogen (secondary N) is 1. The van der Waals surface area contributed by atoms with Gasteiger partial charge in [-0.3, -0.25) is 4.79 Å². The Bertz CT molecular complexity index is 452. The average molecular weight is 294 g/mol. The van der Waals surface area contributed by atoms with Gasteiger partial charge in [-0.2, -0.15) is 4.98 Å². The zero-order valence-corrected chi connectivity index (χ0v) is 12.9. The third kappa shape index (κ3) is 4.27. The Hall–Kier alpha value is -1.43. The van der Waals surface area contributed by atoms with Crippen molar-refractivity contribution in [1.29, 1.82) is 0 Å². The zero-order chi connectivity index (χ0) is 15.1. The predicted molar refractivity (Wildman–Crippen MR) is 79.5 cm³/mol. The molecule has 1 fully saturated rings. The number of unbranched alkanes of at least 4 members (excludes halogenated alkanes) is 3. The lowest BCUT2D eigenvalue weighted by atomic mass is 9.96. The van der Waals surface area contributed by atoms with Crippen LogP contribution in [0.5, 0.6) is 0 Å². The van der Waals surface area contributed by atoms with Crippen LogP contribution in [0.3, 0.4) is 0 Å². The van der Waals surface area contributed by atoms with E-state index in [1.54, 1.807) is 6.92 Å². The van der Waals surface area contributed by atoms with Gasteiger partial charge >= 0.3 is 0 Å². The van der Waals surface area contributed by atoms with Gasteiger partial charge in [0.15, 0.2) is 5.82 Å². The second-order valence-electron chi connectivity index (χ2n) is 5.93. The molecule has 0 saturated heterocycles. The molecule has 3 N–H and O–H groups in total. The van der Waals surface area contributed by atoms with Crippen molar-refractivity contribution in [3.63, 3.8) is 0 Å². The third-order valence-corrected chi connectivity index (χ3v) is 4.15. The van der Waals surface area contributed by atoms with Crippen LogP contribution >= 0.6 is 0 Å². The summed E-state index contributed by atoms with van der Waals surface area (Å²) < 4.78 is 5.08. The monoisotopic (exact) mass is 294 g/mol. The topological polar surface area (TPSA) is 94.0 Å². The number of aryl methyl sites for hydroxylation is 1. The van der Waals surface area contributed by atoms with Gasteiger partial charge in [0.25, 0.3) is 0 Å². The first-order valence-corrected chi connectivity index (χ1v) is 7.98. The summed E-state index contributed by atoms with van der Waals surface area (Å²) in [7, 11) is 0. The first-order valence-electron chi connectivity index (χ1n) is 7.98. The lowest BCUT2D eigenvalue weighted by Crippen LogP contribution is -2.44. The molecule has 1 aromatic heterocycles. The molecule has 0 radical (unpaired) electrons. The molecule has 0 bridgehead atoms. The molecule has 0 aliphatic heterocycles. The fourth-order valence-electron chi connectivity index (χ4n) is 2.99. The van der Waals surface area contributed by atoms with Gasteiger partial charge < -0.3 is 15.6 Å². The van der Waals surface area contributed by atoms with Gasteiger partial charge in [0.05, 0.1) is 0 Å². The van der Waals surface area contributed by atoms with E-state index in [-0.39, 0.29) is 5.91 Å². The molecule has 0 aromatic carbocycles. The SMILES string of the molecule is Cc1nc(C2(NC(=O)CCCCCCN)CCCC2)no1. The Morgan fingerprint density at radius 2 is 2.00 bits per heavy atom. The Kier molecular flexibility index (Phi) is 5.73. The lowest BCUT2D eigenvalue weighted by Gasteiger charge is -2.26. The minimum atomic E-state index is -0.411. The molecule has 0 spiro atoms. The summed E-state index contributed by atoms with van der Waals surface area (Å²) in [5, 5.41) is 7.19. The van der Waals surface area contributed by atoms with Crippen LogP contribution in [0.2, 0.25) is 0 Å². The van der Waals surface area contributed by atoms with Crippen molar-refractivity contribution < 1.29 is 9.32 Å². The van der Waals surface area contributed by atoms with Gasteiger partial charge in [0.2, 0.25) is 11.8 Å². The molecule has 1 aliphatic carbocycles. The van der Waals surface area contributed by atoms with Crippen molar-refractivity contribution in [2.75, 3.05) is 6.54 Å². The molecule has 118 valence electrons. The number of nitrogens with two attached hydrogens (primary N) is 1. The normalized spacial score (nSPS) is 17.0. The highest BCUT2D eigenvalue weighted by Crippen LogP contribution is 2.37. The number of amides is 1. The molecule has 6 nitrogen and oxygen atoms in total.